The van der Waals surface area contributed by atoms with Crippen LogP contribution in [0.4, 0.5) is 5.69 Å². The van der Waals surface area contributed by atoms with E-state index in [2.05, 4.69) is 17.2 Å². The molecule has 7 nitrogen and oxygen atoms in total. The van der Waals surface area contributed by atoms with Crippen LogP contribution in [0.2, 0.25) is 0 Å². The molecule has 1 aromatic rings. The maximum atomic E-state index is 12.8. The Kier molecular flexibility index (Phi) is 3.46. The third kappa shape index (κ3) is 2.32. The highest BCUT2D eigenvalue weighted by molar-refractivity contribution is 6.02. The number of amides is 1. The van der Waals surface area contributed by atoms with Gasteiger partial charge in [-0.3, -0.25) is 19.2 Å². The van der Waals surface area contributed by atoms with E-state index >= 15 is 0 Å². The molecule has 0 aromatic carbocycles. The number of hydroxylamine groups is 1. The number of aromatic nitrogens is 2. The Labute approximate surface area is 124 Å². The smallest absolute Gasteiger partial charge is 0.282 e. The van der Waals surface area contributed by atoms with Crippen molar-refractivity contribution in [3.63, 3.8) is 0 Å². The molecule has 2 heterocycles. The largest absolute Gasteiger partial charge is 0.328 e. The molecule has 1 atom stereocenters. The lowest BCUT2D eigenvalue weighted by atomic mass is 10.2. The van der Waals surface area contributed by atoms with Gasteiger partial charge in [0.1, 0.15) is 5.82 Å². The molecule has 1 fully saturated rings. The zero-order valence-electron chi connectivity index (χ0n) is 12.7. The molecule has 114 valence electrons. The molecule has 0 radical (unpaired) electrons. The molecular weight excluding hydrogens is 270 g/mol. The van der Waals surface area contributed by atoms with Crippen LogP contribution in [0.15, 0.2) is 18.6 Å². The average molecular weight is 291 g/mol. The average Bonchev–Trinajstić information content (AvgIpc) is 3.14. The number of fused-ring (bicyclic) bond motifs is 1. The van der Waals surface area contributed by atoms with Crippen LogP contribution in [0.3, 0.4) is 0 Å². The minimum Gasteiger partial charge on any atom is -0.328 e. The topological polar surface area (TPSA) is 62.6 Å². The second-order valence-corrected chi connectivity index (χ2v) is 5.58. The van der Waals surface area contributed by atoms with Gasteiger partial charge in [-0.15, -0.1) is 0 Å². The third-order valence-corrected chi connectivity index (χ3v) is 4.05. The highest BCUT2D eigenvalue weighted by Crippen LogP contribution is 2.35. The highest BCUT2D eigenvalue weighted by atomic mass is 16.7. The Morgan fingerprint density at radius 3 is 2.90 bits per heavy atom. The first-order chi connectivity index (χ1) is 10.0. The van der Waals surface area contributed by atoms with Crippen molar-refractivity contribution in [3.8, 4) is 0 Å². The molecular formula is C14H21N5O2. The molecule has 1 aromatic heterocycles. The molecule has 1 unspecified atom stereocenters. The summed E-state index contributed by atoms with van der Waals surface area (Å²) < 4.78 is 1.82. The number of nitrogens with zero attached hydrogens (tertiary/aromatic N) is 4. The van der Waals surface area contributed by atoms with Crippen molar-refractivity contribution in [2.45, 2.75) is 32.5 Å². The molecule has 1 aliphatic heterocycles. The van der Waals surface area contributed by atoms with Crippen LogP contribution in [-0.4, -0.2) is 40.9 Å². The second-order valence-electron chi connectivity index (χ2n) is 5.58. The first-order valence-electron chi connectivity index (χ1n) is 7.19. The molecule has 3 rings (SSSR count). The lowest BCUT2D eigenvalue weighted by molar-refractivity contribution is -0.0677. The Morgan fingerprint density at radius 2 is 2.29 bits per heavy atom. The van der Waals surface area contributed by atoms with E-state index in [-0.39, 0.29) is 5.91 Å². The Morgan fingerprint density at radius 1 is 1.57 bits per heavy atom. The Hall–Kier alpha value is -1.86. The summed E-state index contributed by atoms with van der Waals surface area (Å²) in [7, 11) is 3.55. The van der Waals surface area contributed by atoms with E-state index in [1.807, 2.05) is 16.6 Å². The lowest BCUT2D eigenvalue weighted by Gasteiger charge is -2.38. The van der Waals surface area contributed by atoms with E-state index in [1.165, 1.54) is 12.8 Å². The molecule has 7 heteroatoms. The van der Waals surface area contributed by atoms with Crippen LogP contribution in [0.5, 0.6) is 0 Å². The summed E-state index contributed by atoms with van der Waals surface area (Å²) in [5, 5.41) is 4.38. The molecule has 0 bridgehead atoms. The van der Waals surface area contributed by atoms with Crippen LogP contribution < -0.4 is 10.4 Å². The van der Waals surface area contributed by atoms with Crippen molar-refractivity contribution in [1.82, 2.24) is 20.2 Å². The summed E-state index contributed by atoms with van der Waals surface area (Å²) in [6.45, 7) is 6.61. The predicted molar refractivity (Wildman–Crippen MR) is 78.3 cm³/mol. The molecule has 1 saturated carbocycles. The molecule has 0 saturated heterocycles. The Balaban J connectivity index is 1.96. The van der Waals surface area contributed by atoms with Gasteiger partial charge in [-0.2, -0.15) is 5.10 Å². The van der Waals surface area contributed by atoms with Gasteiger partial charge in [-0.05, 0) is 25.7 Å². The number of carbonyl (C=O) groups excluding carboxylic acids is 1. The maximum Gasteiger partial charge on any atom is 0.282 e. The van der Waals surface area contributed by atoms with E-state index in [0.717, 1.165) is 12.2 Å². The fraction of sp³-hybridized carbons (Fsp3) is 0.571. The fourth-order valence-corrected chi connectivity index (χ4v) is 2.65. The van der Waals surface area contributed by atoms with Crippen molar-refractivity contribution in [1.29, 1.82) is 0 Å². The summed E-state index contributed by atoms with van der Waals surface area (Å²) in [4.78, 5) is 21.6. The maximum absolute atomic E-state index is 12.8. The van der Waals surface area contributed by atoms with Crippen molar-refractivity contribution in [2.75, 3.05) is 19.0 Å². The van der Waals surface area contributed by atoms with Crippen molar-refractivity contribution < 1.29 is 9.63 Å². The van der Waals surface area contributed by atoms with Gasteiger partial charge in [0.05, 0.1) is 11.9 Å². The summed E-state index contributed by atoms with van der Waals surface area (Å²) in [5.74, 6) is 1.12. The van der Waals surface area contributed by atoms with Gasteiger partial charge in [-0.1, -0.05) is 6.58 Å². The monoisotopic (exact) mass is 291 g/mol. The van der Waals surface area contributed by atoms with Crippen LogP contribution in [0, 0.1) is 5.92 Å². The number of hydrogen-bond acceptors (Lipinski definition) is 5. The zero-order chi connectivity index (χ0) is 15.1. The quantitative estimate of drug-likeness (QED) is 0.825. The highest BCUT2D eigenvalue weighted by Gasteiger charge is 2.38. The van der Waals surface area contributed by atoms with E-state index in [1.54, 1.807) is 25.1 Å². The minimum absolute atomic E-state index is 0.117. The molecule has 21 heavy (non-hydrogen) atoms. The zero-order valence-corrected chi connectivity index (χ0v) is 12.7. The Bertz CT molecular complexity index is 578. The van der Waals surface area contributed by atoms with Gasteiger partial charge in [0.2, 0.25) is 0 Å². The summed E-state index contributed by atoms with van der Waals surface area (Å²) in [6.07, 6.45) is 3.72. The second kappa shape index (κ2) is 5.16. The van der Waals surface area contributed by atoms with Crippen LogP contribution in [0.1, 0.15) is 30.3 Å². The van der Waals surface area contributed by atoms with Crippen molar-refractivity contribution >= 4 is 11.6 Å². The lowest BCUT2D eigenvalue weighted by Crippen LogP contribution is -2.49. The van der Waals surface area contributed by atoms with Gasteiger partial charge in [0.25, 0.3) is 5.91 Å². The van der Waals surface area contributed by atoms with E-state index < -0.39 is 6.23 Å². The summed E-state index contributed by atoms with van der Waals surface area (Å²) in [5.41, 5.74) is 4.04. The van der Waals surface area contributed by atoms with Gasteiger partial charge in [0, 0.05) is 20.6 Å². The van der Waals surface area contributed by atoms with Crippen molar-refractivity contribution in [3.05, 3.63) is 24.3 Å². The van der Waals surface area contributed by atoms with Crippen LogP contribution in [-0.2, 0) is 11.4 Å². The van der Waals surface area contributed by atoms with Crippen LogP contribution >= 0.6 is 0 Å². The standard InChI is InChI=1S/C14H21N5O2/c1-9-17(4)12-7-16-18(8-11-5-6-11)13(12)14(20)19(9)10(2)21-15-3/h7,10-11,15H,1,5-6,8H2,2-4H3. The fourth-order valence-electron chi connectivity index (χ4n) is 2.65. The van der Waals surface area contributed by atoms with E-state index in [9.17, 15) is 4.79 Å². The molecule has 1 amide bonds. The van der Waals surface area contributed by atoms with Gasteiger partial charge < -0.3 is 4.90 Å². The summed E-state index contributed by atoms with van der Waals surface area (Å²) >= 11 is 0. The SMILES string of the molecule is C=C1N(C)c2cnn(CC3CC3)c2C(=O)N1C(C)ONC. The van der Waals surface area contributed by atoms with Crippen LogP contribution in [0.25, 0.3) is 0 Å². The normalized spacial score (nSPS) is 20.0. The first-order valence-corrected chi connectivity index (χ1v) is 7.19. The van der Waals surface area contributed by atoms with E-state index in [0.29, 0.717) is 17.4 Å². The minimum atomic E-state index is -0.449. The van der Waals surface area contributed by atoms with Crippen molar-refractivity contribution in [2.24, 2.45) is 5.92 Å². The van der Waals surface area contributed by atoms with Gasteiger partial charge in [-0.25, -0.2) is 5.48 Å². The third-order valence-electron chi connectivity index (χ3n) is 4.05. The van der Waals surface area contributed by atoms with Gasteiger partial charge >= 0.3 is 0 Å². The number of carbonyl (C=O) groups is 1. The first kappa shape index (κ1) is 14.1. The molecule has 1 N–H and O–H groups in total. The van der Waals surface area contributed by atoms with E-state index in [4.69, 9.17) is 4.84 Å². The predicted octanol–water partition coefficient (Wildman–Crippen LogP) is 1.15. The number of anilines is 1. The number of nitrogens with one attached hydrogen (secondary N) is 1. The van der Waals surface area contributed by atoms with Gasteiger partial charge in [0.15, 0.2) is 11.9 Å². The molecule has 0 spiro atoms. The molecule has 2 aliphatic rings. The molecule has 1 aliphatic carbocycles. The summed E-state index contributed by atoms with van der Waals surface area (Å²) in [6, 6.07) is 0. The number of hydrogen-bond donors (Lipinski definition) is 1. The number of rotatable bonds is 5.